The number of rotatable bonds is 3. The number of hydrogen-bond acceptors (Lipinski definition) is 4. The van der Waals surface area contributed by atoms with Crippen molar-refractivity contribution in [2.45, 2.75) is 12.8 Å². The second-order valence-electron chi connectivity index (χ2n) is 2.08. The zero-order valence-electron chi connectivity index (χ0n) is 6.23. The molecule has 0 fully saturated rings. The summed E-state index contributed by atoms with van der Waals surface area (Å²) < 4.78 is 6.40. The highest BCUT2D eigenvalue weighted by molar-refractivity contribution is 7.12. The lowest BCUT2D eigenvalue weighted by molar-refractivity contribution is -0.692. The molecule has 1 heterocycles. The van der Waals surface area contributed by atoms with Crippen LogP contribution in [0.3, 0.4) is 0 Å². The van der Waals surface area contributed by atoms with Gasteiger partial charge in [0.15, 0.2) is 6.29 Å². The molecule has 4 nitrogen and oxygen atoms in total. The third kappa shape index (κ3) is 2.14. The fraction of sp³-hybridized carbons (Fsp3) is 0.500. The van der Waals surface area contributed by atoms with Crippen LogP contribution in [-0.4, -0.2) is 18.5 Å². The molecule has 1 atom stereocenters. The summed E-state index contributed by atoms with van der Waals surface area (Å²) >= 11 is 1.43. The maximum Gasteiger partial charge on any atom is 0.331 e. The fourth-order valence-corrected chi connectivity index (χ4v) is 1.33. The highest BCUT2D eigenvalue weighted by Gasteiger charge is 2.10. The molecule has 1 rings (SSSR count). The van der Waals surface area contributed by atoms with Crippen molar-refractivity contribution in [1.82, 2.24) is 0 Å². The molecule has 0 aliphatic heterocycles. The second kappa shape index (κ2) is 3.66. The minimum absolute atomic E-state index is 0.381. The molecule has 11 heavy (non-hydrogen) atoms. The summed E-state index contributed by atoms with van der Waals surface area (Å²) in [6.07, 6.45) is 1.03. The van der Waals surface area contributed by atoms with E-state index in [-0.39, 0.29) is 0 Å². The Labute approximate surface area is 68.8 Å². The van der Waals surface area contributed by atoms with Crippen LogP contribution in [0.15, 0.2) is 11.6 Å². The standard InChI is InChI=1S/C6H10N2O2S/c1-10-5(9)4-8-2-3-11-6(8)7/h2-3,5,7,9H,4H2,1H3/p+1. The number of nitrogen functional groups attached to an aromatic ring is 1. The molecule has 0 bridgehead atoms. The Hall–Kier alpha value is -0.650. The average Bonchev–Trinajstić information content (AvgIpc) is 2.37. The second-order valence-corrected chi connectivity index (χ2v) is 3.01. The number of nitrogens with zero attached hydrogens (tertiary/aromatic N) is 1. The lowest BCUT2D eigenvalue weighted by atomic mass is 10.6. The number of anilines is 1. The Balaban J connectivity index is 2.56. The van der Waals surface area contributed by atoms with Gasteiger partial charge in [-0.05, 0) is 0 Å². The summed E-state index contributed by atoms with van der Waals surface area (Å²) in [7, 11) is 1.45. The van der Waals surface area contributed by atoms with Crippen LogP contribution in [0.1, 0.15) is 0 Å². The smallest absolute Gasteiger partial charge is 0.331 e. The molecule has 62 valence electrons. The van der Waals surface area contributed by atoms with Crippen LogP contribution in [0.4, 0.5) is 5.13 Å². The molecule has 0 amide bonds. The van der Waals surface area contributed by atoms with E-state index in [1.807, 2.05) is 11.6 Å². The summed E-state index contributed by atoms with van der Waals surface area (Å²) in [6.45, 7) is 0.381. The summed E-state index contributed by atoms with van der Waals surface area (Å²) in [4.78, 5) is 0. The topological polar surface area (TPSA) is 59.4 Å². The van der Waals surface area contributed by atoms with Crippen molar-refractivity contribution in [2.75, 3.05) is 12.8 Å². The van der Waals surface area contributed by atoms with Crippen molar-refractivity contribution < 1.29 is 14.4 Å². The van der Waals surface area contributed by atoms with Gasteiger partial charge in [0, 0.05) is 12.5 Å². The summed E-state index contributed by atoms with van der Waals surface area (Å²) in [6, 6.07) is 0. The van der Waals surface area contributed by atoms with Gasteiger partial charge in [0.2, 0.25) is 0 Å². The Morgan fingerprint density at radius 3 is 3.09 bits per heavy atom. The Kier molecular flexibility index (Phi) is 2.81. The predicted molar refractivity (Wildman–Crippen MR) is 41.9 cm³/mol. The van der Waals surface area contributed by atoms with Crippen molar-refractivity contribution in [3.8, 4) is 0 Å². The molecule has 1 aromatic rings. The minimum atomic E-state index is -0.781. The van der Waals surface area contributed by atoms with E-state index in [0.717, 1.165) is 0 Å². The summed E-state index contributed by atoms with van der Waals surface area (Å²) in [5, 5.41) is 11.6. The van der Waals surface area contributed by atoms with Gasteiger partial charge < -0.3 is 9.84 Å². The molecule has 0 spiro atoms. The first kappa shape index (κ1) is 8.45. The first-order chi connectivity index (χ1) is 5.24. The number of nitrogens with two attached hydrogens (primary N) is 1. The number of aromatic nitrogens is 1. The highest BCUT2D eigenvalue weighted by Crippen LogP contribution is 2.02. The van der Waals surface area contributed by atoms with E-state index in [1.165, 1.54) is 18.4 Å². The predicted octanol–water partition coefficient (Wildman–Crippen LogP) is -0.417. The van der Waals surface area contributed by atoms with Crippen molar-refractivity contribution in [1.29, 1.82) is 0 Å². The Bertz CT molecular complexity index is 226. The monoisotopic (exact) mass is 175 g/mol. The van der Waals surface area contributed by atoms with Gasteiger partial charge in [0.25, 0.3) is 0 Å². The lowest BCUT2D eigenvalue weighted by Gasteiger charge is -2.04. The number of methoxy groups -OCH3 is 1. The molecule has 0 saturated heterocycles. The van der Waals surface area contributed by atoms with Gasteiger partial charge in [-0.1, -0.05) is 11.3 Å². The van der Waals surface area contributed by atoms with Crippen LogP contribution >= 0.6 is 11.3 Å². The summed E-state index contributed by atoms with van der Waals surface area (Å²) in [5.74, 6) is 0. The maximum atomic E-state index is 9.06. The summed E-state index contributed by atoms with van der Waals surface area (Å²) in [5.41, 5.74) is 5.56. The molecular formula is C6H11N2O2S+. The molecule has 0 aliphatic rings. The third-order valence-electron chi connectivity index (χ3n) is 1.34. The minimum Gasteiger partial charge on any atom is -0.365 e. The van der Waals surface area contributed by atoms with Gasteiger partial charge in [0.05, 0.1) is 0 Å². The number of hydrogen-bond donors (Lipinski definition) is 2. The Morgan fingerprint density at radius 2 is 2.64 bits per heavy atom. The van der Waals surface area contributed by atoms with Crippen LogP contribution in [0.25, 0.3) is 0 Å². The number of aliphatic hydroxyl groups excluding tert-OH is 1. The van der Waals surface area contributed by atoms with Crippen molar-refractivity contribution in [3.05, 3.63) is 11.6 Å². The van der Waals surface area contributed by atoms with Crippen LogP contribution in [0.2, 0.25) is 0 Å². The van der Waals surface area contributed by atoms with Crippen molar-refractivity contribution in [2.24, 2.45) is 0 Å². The zero-order valence-corrected chi connectivity index (χ0v) is 7.04. The van der Waals surface area contributed by atoms with E-state index in [2.05, 4.69) is 4.74 Å². The average molecular weight is 175 g/mol. The van der Waals surface area contributed by atoms with E-state index in [4.69, 9.17) is 10.8 Å². The third-order valence-corrected chi connectivity index (χ3v) is 2.07. The van der Waals surface area contributed by atoms with Gasteiger partial charge in [-0.15, -0.1) is 0 Å². The van der Waals surface area contributed by atoms with E-state index in [9.17, 15) is 0 Å². The van der Waals surface area contributed by atoms with Crippen LogP contribution in [-0.2, 0) is 11.3 Å². The maximum absolute atomic E-state index is 9.06. The molecule has 5 heteroatoms. The highest BCUT2D eigenvalue weighted by atomic mass is 32.1. The molecule has 0 aliphatic carbocycles. The van der Waals surface area contributed by atoms with Crippen molar-refractivity contribution >= 4 is 16.5 Å². The first-order valence-electron chi connectivity index (χ1n) is 3.17. The lowest BCUT2D eigenvalue weighted by Crippen LogP contribution is -2.40. The largest absolute Gasteiger partial charge is 0.365 e. The molecule has 0 saturated carbocycles. The Morgan fingerprint density at radius 1 is 1.91 bits per heavy atom. The molecule has 3 N–H and O–H groups in total. The van der Waals surface area contributed by atoms with Crippen LogP contribution < -0.4 is 10.3 Å². The van der Waals surface area contributed by atoms with Crippen LogP contribution in [0, 0.1) is 0 Å². The van der Waals surface area contributed by atoms with Crippen LogP contribution in [0.5, 0.6) is 0 Å². The van der Waals surface area contributed by atoms with Gasteiger partial charge in [-0.25, -0.2) is 4.57 Å². The first-order valence-corrected chi connectivity index (χ1v) is 4.05. The zero-order chi connectivity index (χ0) is 8.27. The quantitative estimate of drug-likeness (QED) is 0.484. The normalized spacial score (nSPS) is 13.3. The van der Waals surface area contributed by atoms with E-state index >= 15 is 0 Å². The molecule has 0 radical (unpaired) electrons. The van der Waals surface area contributed by atoms with Gasteiger partial charge in [-0.3, -0.25) is 5.73 Å². The molecular weight excluding hydrogens is 164 g/mol. The molecule has 1 unspecified atom stereocenters. The molecule has 0 aromatic carbocycles. The van der Waals surface area contributed by atoms with E-state index in [1.54, 1.807) is 4.57 Å². The molecule has 1 aromatic heterocycles. The van der Waals surface area contributed by atoms with E-state index in [0.29, 0.717) is 11.7 Å². The van der Waals surface area contributed by atoms with Crippen molar-refractivity contribution in [3.63, 3.8) is 0 Å². The van der Waals surface area contributed by atoms with E-state index < -0.39 is 6.29 Å². The number of thiazole rings is 1. The van der Waals surface area contributed by atoms with Gasteiger partial charge in [0.1, 0.15) is 12.7 Å². The number of ether oxygens (including phenoxy) is 1. The SMILES string of the molecule is COC(O)C[n+]1ccsc1N. The van der Waals surface area contributed by atoms with Gasteiger partial charge >= 0.3 is 5.13 Å². The number of aliphatic hydroxyl groups is 1. The fourth-order valence-electron chi connectivity index (χ4n) is 0.708. The van der Waals surface area contributed by atoms with Gasteiger partial charge in [-0.2, -0.15) is 0 Å².